The molecule has 1 aromatic carbocycles. The van der Waals surface area contributed by atoms with Crippen molar-refractivity contribution in [2.24, 2.45) is 17.3 Å². The van der Waals surface area contributed by atoms with E-state index in [4.69, 9.17) is 0 Å². The summed E-state index contributed by atoms with van der Waals surface area (Å²) in [5.74, 6) is 7.20. The van der Waals surface area contributed by atoms with Crippen molar-refractivity contribution in [2.45, 2.75) is 102 Å². The minimum absolute atomic E-state index is 0.211. The lowest BCUT2D eigenvalue weighted by molar-refractivity contribution is -0.118. The van der Waals surface area contributed by atoms with Crippen LogP contribution in [0.15, 0.2) is 47.1 Å². The molecule has 0 saturated heterocycles. The summed E-state index contributed by atoms with van der Waals surface area (Å²) in [6.07, 6.45) is 14.3. The van der Waals surface area contributed by atoms with Gasteiger partial charge in [-0.05, 0) is 85.6 Å². The molecule has 0 heterocycles. The van der Waals surface area contributed by atoms with Crippen molar-refractivity contribution in [3.63, 3.8) is 0 Å². The van der Waals surface area contributed by atoms with E-state index in [9.17, 15) is 15.0 Å². The van der Waals surface area contributed by atoms with Gasteiger partial charge in [0.05, 0.1) is 0 Å². The number of ketones is 1. The molecule has 4 fully saturated rings. The van der Waals surface area contributed by atoms with Gasteiger partial charge in [-0.3, -0.25) is 4.79 Å². The predicted octanol–water partition coefficient (Wildman–Crippen LogP) is 6.06. The number of nitrogens with one attached hydrogen (secondary N) is 1. The zero-order valence-corrected chi connectivity index (χ0v) is 22.2. The van der Waals surface area contributed by atoms with Crippen molar-refractivity contribution in [1.82, 2.24) is 0 Å². The first-order valence-electron chi connectivity index (χ1n) is 14.6. The van der Waals surface area contributed by atoms with Gasteiger partial charge >= 0.3 is 0 Å². The number of hydrogen-bond donors (Lipinski definition) is 3. The van der Waals surface area contributed by atoms with Crippen molar-refractivity contribution in [3.05, 3.63) is 52.6 Å². The molecule has 5 aliphatic rings. The fraction of sp³-hybridized carbons (Fsp3) is 0.606. The Kier molecular flexibility index (Phi) is 6.58. The summed E-state index contributed by atoms with van der Waals surface area (Å²) in [5, 5.41) is 25.0. The number of aliphatic hydroxyl groups excluding tert-OH is 1. The van der Waals surface area contributed by atoms with Crippen LogP contribution in [0.3, 0.4) is 0 Å². The molecule has 4 nitrogen and oxygen atoms in total. The first kappa shape index (κ1) is 25.0. The van der Waals surface area contributed by atoms with Crippen LogP contribution in [0, 0.1) is 29.1 Å². The van der Waals surface area contributed by atoms with Gasteiger partial charge in [0.2, 0.25) is 0 Å². The maximum absolute atomic E-state index is 12.3. The topological polar surface area (TPSA) is 69.6 Å². The molecule has 5 unspecified atom stereocenters. The highest BCUT2D eigenvalue weighted by Crippen LogP contribution is 2.66. The molecule has 5 aliphatic carbocycles. The number of allylic oxidation sites excluding steroid dienone is 4. The average Bonchev–Trinajstić information content (AvgIpc) is 3.18. The van der Waals surface area contributed by atoms with Crippen LogP contribution in [0.1, 0.15) is 95.5 Å². The Morgan fingerprint density at radius 1 is 1.08 bits per heavy atom. The van der Waals surface area contributed by atoms with Crippen LogP contribution in [0.5, 0.6) is 0 Å². The summed E-state index contributed by atoms with van der Waals surface area (Å²) < 4.78 is 0. The van der Waals surface area contributed by atoms with Gasteiger partial charge in [0.1, 0.15) is 18.0 Å². The molecule has 4 saturated carbocycles. The summed E-state index contributed by atoms with van der Waals surface area (Å²) in [6, 6.07) is 9.66. The number of anilines is 1. The highest BCUT2D eigenvalue weighted by Gasteiger charge is 2.62. The molecule has 0 amide bonds. The second-order valence-electron chi connectivity index (χ2n) is 12.5. The van der Waals surface area contributed by atoms with Gasteiger partial charge in [0.15, 0.2) is 0 Å². The lowest BCUT2D eigenvalue weighted by Crippen LogP contribution is -2.50. The highest BCUT2D eigenvalue weighted by molar-refractivity contribution is 5.84. The molecule has 0 spiro atoms. The molecule has 1 aromatic rings. The number of carbonyl (C=O) groups is 1. The molecule has 5 atom stereocenters. The maximum Gasteiger partial charge on any atom is 0.137 e. The van der Waals surface area contributed by atoms with Crippen LogP contribution in [0.2, 0.25) is 0 Å². The van der Waals surface area contributed by atoms with Crippen molar-refractivity contribution < 1.29 is 15.0 Å². The van der Waals surface area contributed by atoms with Crippen molar-refractivity contribution in [1.29, 1.82) is 0 Å². The molecular weight excluding hydrogens is 458 g/mol. The summed E-state index contributed by atoms with van der Waals surface area (Å²) in [5.41, 5.74) is 5.32. The fourth-order valence-electron chi connectivity index (χ4n) is 8.58. The van der Waals surface area contributed by atoms with Gasteiger partial charge in [-0.1, -0.05) is 61.8 Å². The Balaban J connectivity index is 1.38. The quantitative estimate of drug-likeness (QED) is 0.442. The van der Waals surface area contributed by atoms with Gasteiger partial charge in [0, 0.05) is 35.9 Å². The molecular formula is C33H41NO3. The lowest BCUT2D eigenvalue weighted by Gasteiger charge is -2.53. The van der Waals surface area contributed by atoms with Gasteiger partial charge in [0.25, 0.3) is 0 Å². The number of rotatable bonds is 3. The summed E-state index contributed by atoms with van der Waals surface area (Å²) in [6.45, 7) is 2.02. The smallest absolute Gasteiger partial charge is 0.137 e. The van der Waals surface area contributed by atoms with Crippen LogP contribution in [-0.4, -0.2) is 34.2 Å². The number of fused-ring (bicyclic) bond motifs is 4. The Labute approximate surface area is 221 Å². The Morgan fingerprint density at radius 3 is 2.62 bits per heavy atom. The predicted molar refractivity (Wildman–Crippen MR) is 147 cm³/mol. The first-order valence-corrected chi connectivity index (χ1v) is 14.6. The second kappa shape index (κ2) is 9.75. The first-order chi connectivity index (χ1) is 17.9. The van der Waals surface area contributed by atoms with E-state index in [1.807, 2.05) is 0 Å². The summed E-state index contributed by atoms with van der Waals surface area (Å²) in [4.78, 5) is 12.3. The third-order valence-corrected chi connectivity index (χ3v) is 10.5. The number of Topliss-reactive ketones (excluding diaryl/α,β-unsaturated/α-hetero) is 1. The molecule has 6 rings (SSSR count). The number of aliphatic hydroxyl groups is 2. The Morgan fingerprint density at radius 2 is 1.86 bits per heavy atom. The third kappa shape index (κ3) is 4.29. The van der Waals surface area contributed by atoms with E-state index in [0.717, 1.165) is 25.7 Å². The van der Waals surface area contributed by atoms with Gasteiger partial charge in [-0.25, -0.2) is 0 Å². The van der Waals surface area contributed by atoms with E-state index >= 15 is 0 Å². The van der Waals surface area contributed by atoms with E-state index in [1.54, 1.807) is 5.57 Å². The van der Waals surface area contributed by atoms with E-state index in [-0.39, 0.29) is 17.9 Å². The van der Waals surface area contributed by atoms with Crippen LogP contribution in [0.4, 0.5) is 5.69 Å². The summed E-state index contributed by atoms with van der Waals surface area (Å²) >= 11 is 0. The Hall–Kier alpha value is -2.35. The molecule has 0 radical (unpaired) electrons. The van der Waals surface area contributed by atoms with Crippen LogP contribution in [-0.2, 0) is 4.79 Å². The number of benzene rings is 1. The minimum Gasteiger partial charge on any atom is -0.384 e. The van der Waals surface area contributed by atoms with Gasteiger partial charge < -0.3 is 15.5 Å². The average molecular weight is 500 g/mol. The van der Waals surface area contributed by atoms with E-state index in [1.165, 1.54) is 54.5 Å². The van der Waals surface area contributed by atoms with E-state index < -0.39 is 5.60 Å². The van der Waals surface area contributed by atoms with Crippen LogP contribution < -0.4 is 5.32 Å². The van der Waals surface area contributed by atoms with Gasteiger partial charge in [-0.2, -0.15) is 0 Å². The van der Waals surface area contributed by atoms with Crippen molar-refractivity contribution in [2.75, 3.05) is 11.9 Å². The molecule has 3 N–H and O–H groups in total. The monoisotopic (exact) mass is 499 g/mol. The lowest BCUT2D eigenvalue weighted by atomic mass is 9.51. The largest absolute Gasteiger partial charge is 0.384 e. The number of hydrogen-bond acceptors (Lipinski definition) is 4. The maximum atomic E-state index is 12.3. The zero-order chi connectivity index (χ0) is 25.6. The number of carbonyl (C=O) groups excluding carboxylic acids is 1. The molecule has 0 aliphatic heterocycles. The SMILES string of the molecule is CC12CC(c3ccc(NC4CCCCC4)cc3)C3=C4CCC(=O)CC4=CCC3C1CCC2(O)C#CCO. The standard InChI is InChI=1S/C33H41NO3/c1-32-21-29(22-8-11-25(12-9-22)34-24-6-3-2-4-7-24)31-27-15-13-26(36)20-23(27)10-14-28(31)30(32)16-18-33(32,37)17-5-19-35/h8-12,24,28-30,34-35,37H,2-4,6-7,13-16,18-21H2,1H3. The molecule has 37 heavy (non-hydrogen) atoms. The molecule has 0 bridgehead atoms. The third-order valence-electron chi connectivity index (χ3n) is 10.5. The van der Waals surface area contributed by atoms with Crippen molar-refractivity contribution >= 4 is 11.5 Å². The fourth-order valence-corrected chi connectivity index (χ4v) is 8.58. The van der Waals surface area contributed by atoms with Gasteiger partial charge in [-0.15, -0.1) is 0 Å². The molecule has 0 aromatic heterocycles. The normalized spacial score (nSPS) is 35.6. The molecule has 4 heteroatoms. The molecule has 196 valence electrons. The highest BCUT2D eigenvalue weighted by atomic mass is 16.3. The zero-order valence-electron chi connectivity index (χ0n) is 22.2. The van der Waals surface area contributed by atoms with Crippen LogP contribution in [0.25, 0.3) is 0 Å². The van der Waals surface area contributed by atoms with E-state index in [2.05, 4.69) is 54.4 Å². The van der Waals surface area contributed by atoms with Crippen LogP contribution >= 0.6 is 0 Å². The van der Waals surface area contributed by atoms with Crippen molar-refractivity contribution in [3.8, 4) is 11.8 Å². The Bertz CT molecular complexity index is 1180. The van der Waals surface area contributed by atoms with E-state index in [0.29, 0.717) is 42.9 Å². The minimum atomic E-state index is -1.08. The summed E-state index contributed by atoms with van der Waals surface area (Å²) in [7, 11) is 0. The second-order valence-corrected chi connectivity index (χ2v) is 12.5.